The first kappa shape index (κ1) is 19.2. The second kappa shape index (κ2) is 7.56. The molecule has 1 aliphatic rings. The minimum Gasteiger partial charge on any atom is -0.493 e. The molecule has 2 heterocycles. The molecule has 0 spiro atoms. The summed E-state index contributed by atoms with van der Waals surface area (Å²) < 4.78 is 38.5. The van der Waals surface area contributed by atoms with Crippen LogP contribution in [-0.4, -0.2) is 51.7 Å². The molecule has 2 atom stereocenters. The SMILES string of the molecule is COc1cc(C)c(S(=O)(=O)N2C[C@H](CO)[C@@H](c3ccsc3)C2)cc1OC. The van der Waals surface area contributed by atoms with Gasteiger partial charge in [0.15, 0.2) is 11.5 Å². The lowest BCUT2D eigenvalue weighted by molar-refractivity contribution is 0.223. The normalized spacial score (nSPS) is 21.1. The van der Waals surface area contributed by atoms with Crippen LogP contribution in [0.1, 0.15) is 17.0 Å². The topological polar surface area (TPSA) is 76.1 Å². The fourth-order valence-electron chi connectivity index (χ4n) is 3.46. The molecule has 0 unspecified atom stereocenters. The van der Waals surface area contributed by atoms with Gasteiger partial charge >= 0.3 is 0 Å². The molecular formula is C18H23NO5S2. The number of thiophene rings is 1. The molecule has 1 fully saturated rings. The maximum absolute atomic E-state index is 13.3. The molecule has 1 aromatic carbocycles. The summed E-state index contributed by atoms with van der Waals surface area (Å²) in [7, 11) is -0.707. The molecule has 0 amide bonds. The first-order chi connectivity index (χ1) is 12.4. The lowest BCUT2D eigenvalue weighted by atomic mass is 9.92. The molecule has 0 radical (unpaired) electrons. The van der Waals surface area contributed by atoms with Crippen LogP contribution in [0.3, 0.4) is 0 Å². The van der Waals surface area contributed by atoms with E-state index in [4.69, 9.17) is 9.47 Å². The molecule has 1 N–H and O–H groups in total. The van der Waals surface area contributed by atoms with Crippen LogP contribution in [0, 0.1) is 12.8 Å². The van der Waals surface area contributed by atoms with E-state index in [1.54, 1.807) is 24.3 Å². The van der Waals surface area contributed by atoms with Gasteiger partial charge in [-0.1, -0.05) is 0 Å². The standard InChI is InChI=1S/C18H23NO5S2/c1-12-6-16(23-2)17(24-3)7-18(12)26(21,22)19-8-14(10-20)15(9-19)13-4-5-25-11-13/h4-7,11,14-15,20H,8-10H2,1-3H3/t14-,15-/m1/s1. The Hall–Kier alpha value is -1.61. The van der Waals surface area contributed by atoms with Crippen molar-refractivity contribution in [3.05, 3.63) is 40.1 Å². The molecule has 1 aliphatic heterocycles. The average molecular weight is 398 g/mol. The number of rotatable bonds is 6. The van der Waals surface area contributed by atoms with Crippen LogP contribution in [0.4, 0.5) is 0 Å². The van der Waals surface area contributed by atoms with E-state index in [1.807, 2.05) is 16.8 Å². The predicted molar refractivity (Wildman–Crippen MR) is 101 cm³/mol. The van der Waals surface area contributed by atoms with Crippen LogP contribution in [0.15, 0.2) is 33.9 Å². The largest absolute Gasteiger partial charge is 0.493 e. The van der Waals surface area contributed by atoms with Crippen LogP contribution in [0.2, 0.25) is 0 Å². The molecule has 6 nitrogen and oxygen atoms in total. The van der Waals surface area contributed by atoms with Gasteiger partial charge < -0.3 is 14.6 Å². The summed E-state index contributed by atoms with van der Waals surface area (Å²) in [6, 6.07) is 5.17. The van der Waals surface area contributed by atoms with Crippen molar-refractivity contribution in [2.24, 2.45) is 5.92 Å². The molecule has 1 saturated heterocycles. The lowest BCUT2D eigenvalue weighted by Gasteiger charge is -2.19. The number of aliphatic hydroxyl groups excluding tert-OH is 1. The number of hydrogen-bond acceptors (Lipinski definition) is 6. The van der Waals surface area contributed by atoms with Crippen molar-refractivity contribution in [1.82, 2.24) is 4.31 Å². The third-order valence-electron chi connectivity index (χ3n) is 4.91. The molecule has 0 bridgehead atoms. The van der Waals surface area contributed by atoms with Gasteiger partial charge in [-0.15, -0.1) is 0 Å². The predicted octanol–water partition coefficient (Wildman–Crippen LogP) is 2.47. The smallest absolute Gasteiger partial charge is 0.243 e. The summed E-state index contributed by atoms with van der Waals surface area (Å²) in [5.41, 5.74) is 1.68. The fourth-order valence-corrected chi connectivity index (χ4v) is 5.92. The molecule has 0 aliphatic carbocycles. The van der Waals surface area contributed by atoms with E-state index in [0.717, 1.165) is 5.56 Å². The Morgan fingerprint density at radius 3 is 2.50 bits per heavy atom. The van der Waals surface area contributed by atoms with Crippen molar-refractivity contribution in [2.45, 2.75) is 17.7 Å². The van der Waals surface area contributed by atoms with E-state index in [2.05, 4.69) is 0 Å². The summed E-state index contributed by atoms with van der Waals surface area (Å²) in [6.07, 6.45) is 0. The van der Waals surface area contributed by atoms with Gasteiger partial charge in [0.1, 0.15) is 0 Å². The number of sulfonamides is 1. The van der Waals surface area contributed by atoms with Crippen LogP contribution < -0.4 is 9.47 Å². The minimum atomic E-state index is -3.70. The molecular weight excluding hydrogens is 374 g/mol. The quantitative estimate of drug-likeness (QED) is 0.810. The van der Waals surface area contributed by atoms with Crippen molar-refractivity contribution >= 4 is 21.4 Å². The average Bonchev–Trinajstić information content (AvgIpc) is 3.30. The Balaban J connectivity index is 1.96. The maximum Gasteiger partial charge on any atom is 0.243 e. The minimum absolute atomic E-state index is 0.00137. The van der Waals surface area contributed by atoms with E-state index in [-0.39, 0.29) is 23.3 Å². The highest BCUT2D eigenvalue weighted by atomic mass is 32.2. The Bertz CT molecular complexity index is 864. The van der Waals surface area contributed by atoms with Gasteiger partial charge in [-0.3, -0.25) is 0 Å². The number of aliphatic hydroxyl groups is 1. The maximum atomic E-state index is 13.3. The van der Waals surface area contributed by atoms with Gasteiger partial charge in [-0.2, -0.15) is 15.6 Å². The first-order valence-electron chi connectivity index (χ1n) is 8.28. The van der Waals surface area contributed by atoms with Crippen molar-refractivity contribution in [3.8, 4) is 11.5 Å². The molecule has 8 heteroatoms. The molecule has 2 aromatic rings. The zero-order valence-corrected chi connectivity index (χ0v) is 16.6. The summed E-state index contributed by atoms with van der Waals surface area (Å²) in [5, 5.41) is 13.7. The number of benzene rings is 1. The molecule has 0 saturated carbocycles. The highest BCUT2D eigenvalue weighted by Crippen LogP contribution is 2.39. The first-order valence-corrected chi connectivity index (χ1v) is 10.7. The van der Waals surface area contributed by atoms with Crippen molar-refractivity contribution in [3.63, 3.8) is 0 Å². The van der Waals surface area contributed by atoms with Gasteiger partial charge in [0.2, 0.25) is 10.0 Å². The van der Waals surface area contributed by atoms with Gasteiger partial charge in [0.05, 0.1) is 19.1 Å². The van der Waals surface area contributed by atoms with Crippen molar-refractivity contribution < 1.29 is 23.0 Å². The number of nitrogens with zero attached hydrogens (tertiary/aromatic N) is 1. The summed E-state index contributed by atoms with van der Waals surface area (Å²) in [4.78, 5) is 0.206. The third kappa shape index (κ3) is 3.34. The molecule has 142 valence electrons. The Kier molecular flexibility index (Phi) is 5.57. The molecule has 3 rings (SSSR count). The second-order valence-electron chi connectivity index (χ2n) is 6.40. The lowest BCUT2D eigenvalue weighted by Crippen LogP contribution is -2.30. The van der Waals surface area contributed by atoms with Crippen LogP contribution in [-0.2, 0) is 10.0 Å². The third-order valence-corrected chi connectivity index (χ3v) is 7.59. The van der Waals surface area contributed by atoms with Crippen LogP contribution >= 0.6 is 11.3 Å². The van der Waals surface area contributed by atoms with Crippen LogP contribution in [0.5, 0.6) is 11.5 Å². The Morgan fingerprint density at radius 1 is 1.23 bits per heavy atom. The zero-order valence-electron chi connectivity index (χ0n) is 15.0. The van der Waals surface area contributed by atoms with Gasteiger partial charge in [-0.25, -0.2) is 8.42 Å². The molecule has 1 aromatic heterocycles. The Morgan fingerprint density at radius 2 is 1.92 bits per heavy atom. The number of hydrogen-bond donors (Lipinski definition) is 1. The van der Waals surface area contributed by atoms with Crippen LogP contribution in [0.25, 0.3) is 0 Å². The van der Waals surface area contributed by atoms with E-state index >= 15 is 0 Å². The van der Waals surface area contributed by atoms with E-state index in [0.29, 0.717) is 30.2 Å². The van der Waals surface area contributed by atoms with Gasteiger partial charge in [0.25, 0.3) is 0 Å². The number of aryl methyl sites for hydroxylation is 1. The van der Waals surface area contributed by atoms with Crippen molar-refractivity contribution in [1.29, 1.82) is 0 Å². The zero-order chi connectivity index (χ0) is 18.9. The fraction of sp³-hybridized carbons (Fsp3) is 0.444. The summed E-state index contributed by atoms with van der Waals surface area (Å²) in [6.45, 7) is 2.35. The highest BCUT2D eigenvalue weighted by Gasteiger charge is 2.40. The summed E-state index contributed by atoms with van der Waals surface area (Å²) >= 11 is 1.58. The van der Waals surface area contributed by atoms with Gasteiger partial charge in [-0.05, 0) is 40.9 Å². The monoisotopic (exact) mass is 397 g/mol. The second-order valence-corrected chi connectivity index (χ2v) is 9.09. The van der Waals surface area contributed by atoms with E-state index < -0.39 is 10.0 Å². The van der Waals surface area contributed by atoms with E-state index in [9.17, 15) is 13.5 Å². The number of methoxy groups -OCH3 is 2. The van der Waals surface area contributed by atoms with E-state index in [1.165, 1.54) is 24.6 Å². The van der Waals surface area contributed by atoms with Gasteiger partial charge in [0, 0.05) is 37.6 Å². The Labute approximate surface area is 158 Å². The molecule has 26 heavy (non-hydrogen) atoms. The van der Waals surface area contributed by atoms with Crippen molar-refractivity contribution in [2.75, 3.05) is 33.9 Å². The summed E-state index contributed by atoms with van der Waals surface area (Å²) in [5.74, 6) is 0.764. The number of ether oxygens (including phenoxy) is 2. The highest BCUT2D eigenvalue weighted by molar-refractivity contribution is 7.89.